The van der Waals surface area contributed by atoms with Crippen LogP contribution in [0.3, 0.4) is 0 Å². The molecule has 3 aromatic carbocycles. The Bertz CT molecular complexity index is 1170. The summed E-state index contributed by atoms with van der Waals surface area (Å²) >= 11 is 0. The number of ether oxygens (including phenoxy) is 2. The first-order valence-corrected chi connectivity index (χ1v) is 9.46. The average Bonchev–Trinajstić information content (AvgIpc) is 3.04. The van der Waals surface area contributed by atoms with Crippen molar-refractivity contribution in [3.05, 3.63) is 89.9 Å². The minimum atomic E-state index is -0.537. The number of halogens is 1. The van der Waals surface area contributed by atoms with E-state index in [2.05, 4.69) is 5.32 Å². The van der Waals surface area contributed by atoms with Crippen molar-refractivity contribution >= 4 is 28.8 Å². The maximum Gasteiger partial charge on any atom is 0.282 e. The highest BCUT2D eigenvalue weighted by Crippen LogP contribution is 2.34. The Labute approximate surface area is 178 Å². The van der Waals surface area contributed by atoms with Gasteiger partial charge in [-0.3, -0.25) is 9.59 Å². The van der Waals surface area contributed by atoms with Gasteiger partial charge in [0.1, 0.15) is 23.0 Å². The molecule has 0 fully saturated rings. The van der Waals surface area contributed by atoms with Crippen LogP contribution in [-0.2, 0) is 9.59 Å². The molecular formula is C24H19FN2O4. The highest BCUT2D eigenvalue weighted by atomic mass is 19.1. The van der Waals surface area contributed by atoms with Gasteiger partial charge < -0.3 is 14.8 Å². The first kappa shape index (κ1) is 20.2. The lowest BCUT2D eigenvalue weighted by Gasteiger charge is -2.15. The van der Waals surface area contributed by atoms with E-state index in [-0.39, 0.29) is 17.0 Å². The molecule has 1 aliphatic heterocycles. The van der Waals surface area contributed by atoms with E-state index in [0.717, 1.165) is 4.90 Å². The molecule has 1 aliphatic rings. The summed E-state index contributed by atoms with van der Waals surface area (Å²) in [6.07, 6.45) is 0. The topological polar surface area (TPSA) is 67.9 Å². The molecule has 0 atom stereocenters. The summed E-state index contributed by atoms with van der Waals surface area (Å²) in [5.41, 5.74) is 1.74. The number of carbonyl (C=O) groups is 2. The van der Waals surface area contributed by atoms with Gasteiger partial charge in [0, 0.05) is 11.8 Å². The minimum Gasteiger partial charge on any atom is -0.497 e. The quantitative estimate of drug-likeness (QED) is 0.607. The first-order chi connectivity index (χ1) is 15.0. The summed E-state index contributed by atoms with van der Waals surface area (Å²) in [5.74, 6) is -0.277. The summed E-state index contributed by atoms with van der Waals surface area (Å²) in [4.78, 5) is 27.7. The lowest BCUT2D eigenvalue weighted by atomic mass is 10.0. The number of nitrogens with zero attached hydrogens (tertiary/aromatic N) is 1. The lowest BCUT2D eigenvalue weighted by molar-refractivity contribution is -0.120. The molecule has 4 rings (SSSR count). The van der Waals surface area contributed by atoms with E-state index in [1.807, 2.05) is 0 Å². The molecular weight excluding hydrogens is 399 g/mol. The number of benzene rings is 3. The van der Waals surface area contributed by atoms with Gasteiger partial charge in [-0.25, -0.2) is 9.29 Å². The van der Waals surface area contributed by atoms with Crippen LogP contribution in [0.4, 0.5) is 15.8 Å². The molecule has 156 valence electrons. The van der Waals surface area contributed by atoms with Crippen LogP contribution >= 0.6 is 0 Å². The second kappa shape index (κ2) is 8.31. The summed E-state index contributed by atoms with van der Waals surface area (Å²) < 4.78 is 23.8. The Balaban J connectivity index is 1.80. The van der Waals surface area contributed by atoms with Crippen LogP contribution in [0.15, 0.2) is 78.5 Å². The molecule has 0 unspecified atom stereocenters. The largest absolute Gasteiger partial charge is 0.497 e. The van der Waals surface area contributed by atoms with Gasteiger partial charge in [-0.2, -0.15) is 0 Å². The summed E-state index contributed by atoms with van der Waals surface area (Å²) in [7, 11) is 3.09. The van der Waals surface area contributed by atoms with Crippen molar-refractivity contribution in [1.29, 1.82) is 0 Å². The van der Waals surface area contributed by atoms with Gasteiger partial charge in [0.25, 0.3) is 11.8 Å². The number of rotatable bonds is 6. The Kier molecular flexibility index (Phi) is 5.41. The fourth-order valence-electron chi connectivity index (χ4n) is 3.34. The third-order valence-corrected chi connectivity index (χ3v) is 4.89. The minimum absolute atomic E-state index is 0.118. The zero-order chi connectivity index (χ0) is 22.0. The van der Waals surface area contributed by atoms with Crippen LogP contribution in [0.2, 0.25) is 0 Å². The van der Waals surface area contributed by atoms with Crippen molar-refractivity contribution in [2.75, 3.05) is 24.4 Å². The average molecular weight is 418 g/mol. The van der Waals surface area contributed by atoms with Crippen LogP contribution in [0, 0.1) is 5.82 Å². The standard InChI is InChI=1S/C24H19FN2O4/c1-30-19-12-6-15(7-13-19)21-22(26-17-4-3-5-20(14-17)31-2)24(29)27(23(21)28)18-10-8-16(25)9-11-18/h3-14,26H,1-2H3. The molecule has 7 heteroatoms. The van der Waals surface area contributed by atoms with Crippen molar-refractivity contribution in [3.8, 4) is 11.5 Å². The highest BCUT2D eigenvalue weighted by molar-refractivity contribution is 6.46. The first-order valence-electron chi connectivity index (χ1n) is 9.46. The molecule has 31 heavy (non-hydrogen) atoms. The van der Waals surface area contributed by atoms with Gasteiger partial charge in [-0.05, 0) is 54.1 Å². The van der Waals surface area contributed by atoms with E-state index in [1.165, 1.54) is 24.3 Å². The fourth-order valence-corrected chi connectivity index (χ4v) is 3.34. The van der Waals surface area contributed by atoms with E-state index >= 15 is 0 Å². The number of nitrogens with one attached hydrogen (secondary N) is 1. The van der Waals surface area contributed by atoms with Crippen molar-refractivity contribution in [3.63, 3.8) is 0 Å². The predicted octanol–water partition coefficient (Wildman–Crippen LogP) is 4.24. The maximum absolute atomic E-state index is 13.4. The molecule has 1 heterocycles. The monoisotopic (exact) mass is 418 g/mol. The molecule has 0 aliphatic carbocycles. The van der Waals surface area contributed by atoms with Gasteiger partial charge in [0.2, 0.25) is 0 Å². The predicted molar refractivity (Wildman–Crippen MR) is 115 cm³/mol. The van der Waals surface area contributed by atoms with Crippen LogP contribution in [0.1, 0.15) is 5.56 Å². The third-order valence-electron chi connectivity index (χ3n) is 4.89. The Morgan fingerprint density at radius 3 is 2.13 bits per heavy atom. The smallest absolute Gasteiger partial charge is 0.282 e. The number of methoxy groups -OCH3 is 2. The normalized spacial score (nSPS) is 13.6. The summed E-state index contributed by atoms with van der Waals surface area (Å²) in [6.45, 7) is 0. The van der Waals surface area contributed by atoms with E-state index in [0.29, 0.717) is 22.7 Å². The van der Waals surface area contributed by atoms with Crippen LogP contribution in [0.25, 0.3) is 5.57 Å². The molecule has 0 bridgehead atoms. The number of amides is 2. The second-order valence-electron chi connectivity index (χ2n) is 6.76. The fraction of sp³-hybridized carbons (Fsp3) is 0.0833. The van der Waals surface area contributed by atoms with Crippen LogP contribution < -0.4 is 19.7 Å². The van der Waals surface area contributed by atoms with Crippen molar-refractivity contribution < 1.29 is 23.5 Å². The SMILES string of the molecule is COc1ccc(C2=C(Nc3cccc(OC)c3)C(=O)N(c3ccc(F)cc3)C2=O)cc1. The second-order valence-corrected chi connectivity index (χ2v) is 6.76. The maximum atomic E-state index is 13.4. The Morgan fingerprint density at radius 2 is 1.48 bits per heavy atom. The molecule has 0 aromatic heterocycles. The molecule has 1 N–H and O–H groups in total. The van der Waals surface area contributed by atoms with Crippen molar-refractivity contribution in [2.24, 2.45) is 0 Å². The zero-order valence-corrected chi connectivity index (χ0v) is 16.9. The van der Waals surface area contributed by atoms with Gasteiger partial charge in [-0.15, -0.1) is 0 Å². The number of imide groups is 1. The van der Waals surface area contributed by atoms with Gasteiger partial charge in [0.05, 0.1) is 25.5 Å². The van der Waals surface area contributed by atoms with Gasteiger partial charge >= 0.3 is 0 Å². The number of hydrogen-bond donors (Lipinski definition) is 1. The molecule has 0 radical (unpaired) electrons. The molecule has 0 saturated carbocycles. The Hall–Kier alpha value is -4.13. The van der Waals surface area contributed by atoms with E-state index in [4.69, 9.17) is 9.47 Å². The van der Waals surface area contributed by atoms with Crippen LogP contribution in [0.5, 0.6) is 11.5 Å². The van der Waals surface area contributed by atoms with E-state index in [9.17, 15) is 14.0 Å². The molecule has 0 saturated heterocycles. The van der Waals surface area contributed by atoms with Crippen LogP contribution in [-0.4, -0.2) is 26.0 Å². The number of hydrogen-bond acceptors (Lipinski definition) is 5. The summed E-state index contributed by atoms with van der Waals surface area (Å²) in [6, 6.07) is 19.1. The van der Waals surface area contributed by atoms with Gasteiger partial charge in [0.15, 0.2) is 0 Å². The number of carbonyl (C=O) groups excluding carboxylic acids is 2. The van der Waals surface area contributed by atoms with Crippen molar-refractivity contribution in [1.82, 2.24) is 0 Å². The van der Waals surface area contributed by atoms with E-state index in [1.54, 1.807) is 62.8 Å². The molecule has 3 aromatic rings. The van der Waals surface area contributed by atoms with Gasteiger partial charge in [-0.1, -0.05) is 18.2 Å². The lowest BCUT2D eigenvalue weighted by Crippen LogP contribution is -2.32. The van der Waals surface area contributed by atoms with E-state index < -0.39 is 17.6 Å². The Morgan fingerprint density at radius 1 is 0.806 bits per heavy atom. The highest BCUT2D eigenvalue weighted by Gasteiger charge is 2.40. The number of anilines is 2. The summed E-state index contributed by atoms with van der Waals surface area (Å²) in [5, 5.41) is 3.07. The molecule has 6 nitrogen and oxygen atoms in total. The van der Waals surface area contributed by atoms with Crippen molar-refractivity contribution in [2.45, 2.75) is 0 Å². The molecule has 0 spiro atoms. The zero-order valence-electron chi connectivity index (χ0n) is 16.9. The third kappa shape index (κ3) is 3.85. The molecule has 2 amide bonds.